The summed E-state index contributed by atoms with van der Waals surface area (Å²) in [4.78, 5) is 2.34. The fourth-order valence-electron chi connectivity index (χ4n) is 5.33. The molecule has 0 spiro atoms. The molecule has 3 aromatic carbocycles. The van der Waals surface area contributed by atoms with E-state index in [2.05, 4.69) is 84.7 Å². The Bertz CT molecular complexity index is 1010. The van der Waals surface area contributed by atoms with E-state index >= 15 is 0 Å². The van der Waals surface area contributed by atoms with Gasteiger partial charge in [0.05, 0.1) is 0 Å². The van der Waals surface area contributed by atoms with Crippen LogP contribution in [0.2, 0.25) is 0 Å². The summed E-state index contributed by atoms with van der Waals surface area (Å²) >= 11 is 0. The van der Waals surface area contributed by atoms with Gasteiger partial charge in [0.15, 0.2) is 0 Å². The minimum absolute atomic E-state index is 0.149. The molecule has 2 N–H and O–H groups in total. The smallest absolute Gasteiger partial charge is 0.132 e. The first-order chi connectivity index (χ1) is 16.1. The second-order valence-corrected chi connectivity index (χ2v) is 9.68. The summed E-state index contributed by atoms with van der Waals surface area (Å²) in [6, 6.07) is 27.1. The monoisotopic (exact) mass is 442 g/mol. The minimum Gasteiger partial charge on any atom is -0.489 e. The van der Waals surface area contributed by atoms with Crippen LogP contribution in [0.3, 0.4) is 0 Å². The summed E-state index contributed by atoms with van der Waals surface area (Å²) in [6.45, 7) is 2.10. The first-order valence-corrected chi connectivity index (χ1v) is 12.1. The molecule has 2 atom stereocenters. The zero-order valence-corrected chi connectivity index (χ0v) is 19.5. The highest BCUT2D eigenvalue weighted by molar-refractivity contribution is 5.48. The van der Waals surface area contributed by atoms with Gasteiger partial charge in [-0.25, -0.2) is 0 Å². The van der Waals surface area contributed by atoms with Crippen LogP contribution in [0.5, 0.6) is 11.5 Å². The lowest BCUT2D eigenvalue weighted by Gasteiger charge is -2.44. The number of benzene rings is 3. The van der Waals surface area contributed by atoms with Crippen LogP contribution >= 0.6 is 0 Å². The van der Waals surface area contributed by atoms with E-state index in [1.165, 1.54) is 17.5 Å². The topological polar surface area (TPSA) is 47.7 Å². The van der Waals surface area contributed by atoms with E-state index in [4.69, 9.17) is 15.2 Å². The molecule has 1 fully saturated rings. The largest absolute Gasteiger partial charge is 0.489 e. The lowest BCUT2D eigenvalue weighted by molar-refractivity contribution is 0.0252. The van der Waals surface area contributed by atoms with Crippen molar-refractivity contribution in [2.75, 3.05) is 20.1 Å². The molecule has 33 heavy (non-hydrogen) atoms. The number of rotatable bonds is 6. The number of ether oxygens (including phenoxy) is 2. The molecule has 2 heterocycles. The van der Waals surface area contributed by atoms with Gasteiger partial charge in [-0.2, -0.15) is 0 Å². The molecule has 4 nitrogen and oxygen atoms in total. The maximum atomic E-state index is 6.96. The fraction of sp³-hybridized carbons (Fsp3) is 0.379. The Balaban J connectivity index is 1.46. The van der Waals surface area contributed by atoms with Crippen LogP contribution in [0.15, 0.2) is 78.9 Å². The Morgan fingerprint density at radius 1 is 0.939 bits per heavy atom. The summed E-state index contributed by atoms with van der Waals surface area (Å²) in [5, 5.41) is 0. The maximum absolute atomic E-state index is 6.96. The quantitative estimate of drug-likeness (QED) is 0.604. The lowest BCUT2D eigenvalue weighted by atomic mass is 9.77. The maximum Gasteiger partial charge on any atom is 0.132 e. The number of likely N-dealkylation sites (tertiary alicyclic amines) is 1. The Kier molecular flexibility index (Phi) is 6.39. The number of nitrogens with zero attached hydrogens (tertiary/aromatic N) is 1. The summed E-state index contributed by atoms with van der Waals surface area (Å²) in [7, 11) is 2.16. The number of piperidine rings is 1. The number of fused-ring (bicyclic) bond motifs is 1. The third kappa shape index (κ3) is 4.92. The molecule has 2 unspecified atom stereocenters. The van der Waals surface area contributed by atoms with Crippen molar-refractivity contribution < 1.29 is 9.47 Å². The first-order valence-electron chi connectivity index (χ1n) is 12.1. The molecule has 0 radical (unpaired) electrons. The van der Waals surface area contributed by atoms with Crippen LogP contribution in [0.1, 0.15) is 29.5 Å². The van der Waals surface area contributed by atoms with E-state index in [1.807, 2.05) is 6.07 Å². The molecule has 2 aliphatic rings. The Hall–Kier alpha value is -2.82. The van der Waals surface area contributed by atoms with Gasteiger partial charge in [-0.05, 0) is 56.1 Å². The minimum atomic E-state index is -0.514. The van der Waals surface area contributed by atoms with Crippen LogP contribution in [0, 0.1) is 0 Å². The predicted molar refractivity (Wildman–Crippen MR) is 133 cm³/mol. The molecule has 5 rings (SSSR count). The van der Waals surface area contributed by atoms with Crippen molar-refractivity contribution in [1.82, 2.24) is 4.90 Å². The van der Waals surface area contributed by atoms with Gasteiger partial charge in [-0.15, -0.1) is 0 Å². The van der Waals surface area contributed by atoms with Gasteiger partial charge >= 0.3 is 0 Å². The van der Waals surface area contributed by atoms with Gasteiger partial charge in [-0.1, -0.05) is 66.7 Å². The number of likely N-dealkylation sites (N-methyl/N-ethyl adjacent to an activating group) is 1. The Labute approximate surface area is 197 Å². The van der Waals surface area contributed by atoms with Gasteiger partial charge in [0.1, 0.15) is 23.2 Å². The van der Waals surface area contributed by atoms with Gasteiger partial charge in [0.25, 0.3) is 0 Å². The zero-order valence-electron chi connectivity index (χ0n) is 19.5. The molecule has 0 bridgehead atoms. The average Bonchev–Trinajstić information content (AvgIpc) is 2.82. The summed E-state index contributed by atoms with van der Waals surface area (Å²) in [5.74, 6) is 1.83. The SMILES string of the molecule is CN1CCCC(Oc2cccc3c2CC(N)C(Cc2ccccc2)(Cc2ccccc2)O3)C1. The van der Waals surface area contributed by atoms with Gasteiger partial charge in [-0.3, -0.25) is 0 Å². The summed E-state index contributed by atoms with van der Waals surface area (Å²) in [6.07, 6.45) is 4.75. The highest BCUT2D eigenvalue weighted by Gasteiger charge is 2.44. The van der Waals surface area contributed by atoms with Crippen molar-refractivity contribution in [1.29, 1.82) is 0 Å². The molecule has 3 aromatic rings. The number of hydrogen-bond acceptors (Lipinski definition) is 4. The standard InChI is InChI=1S/C29H34N2O2/c1-31-17-9-14-24(21-31)32-26-15-8-16-27-25(26)18-28(30)29(33-27,19-22-10-4-2-5-11-22)20-23-12-6-3-7-13-23/h2-8,10-13,15-16,24,28H,9,14,17-21,30H2,1H3. The van der Waals surface area contributed by atoms with Crippen LogP contribution < -0.4 is 15.2 Å². The second kappa shape index (κ2) is 9.58. The number of nitrogens with two attached hydrogens (primary N) is 1. The van der Waals surface area contributed by atoms with Crippen molar-refractivity contribution in [3.05, 3.63) is 95.6 Å². The van der Waals surface area contributed by atoms with Crippen molar-refractivity contribution in [2.45, 2.75) is 49.9 Å². The van der Waals surface area contributed by atoms with E-state index in [0.717, 1.165) is 55.8 Å². The van der Waals surface area contributed by atoms with Crippen LogP contribution in [-0.2, 0) is 19.3 Å². The molecule has 0 saturated carbocycles. The molecule has 0 aromatic heterocycles. The molecular weight excluding hydrogens is 408 g/mol. The lowest BCUT2D eigenvalue weighted by Crippen LogP contribution is -2.59. The molecule has 1 saturated heterocycles. The van der Waals surface area contributed by atoms with E-state index in [1.54, 1.807) is 0 Å². The third-order valence-electron chi connectivity index (χ3n) is 7.07. The van der Waals surface area contributed by atoms with Gasteiger partial charge < -0.3 is 20.1 Å². The third-order valence-corrected chi connectivity index (χ3v) is 7.07. The summed E-state index contributed by atoms with van der Waals surface area (Å²) < 4.78 is 13.4. The Morgan fingerprint density at radius 3 is 2.24 bits per heavy atom. The average molecular weight is 443 g/mol. The van der Waals surface area contributed by atoms with E-state index in [9.17, 15) is 0 Å². The van der Waals surface area contributed by atoms with Crippen LogP contribution in [0.25, 0.3) is 0 Å². The van der Waals surface area contributed by atoms with Gasteiger partial charge in [0.2, 0.25) is 0 Å². The van der Waals surface area contributed by atoms with E-state index < -0.39 is 5.60 Å². The van der Waals surface area contributed by atoms with Crippen molar-refractivity contribution in [3.63, 3.8) is 0 Å². The zero-order chi connectivity index (χ0) is 22.7. The molecule has 172 valence electrons. The van der Waals surface area contributed by atoms with Crippen LogP contribution in [0.4, 0.5) is 0 Å². The van der Waals surface area contributed by atoms with Crippen LogP contribution in [-0.4, -0.2) is 42.8 Å². The normalized spacial score (nSPS) is 22.2. The molecular formula is C29H34N2O2. The fourth-order valence-corrected chi connectivity index (χ4v) is 5.33. The number of hydrogen-bond donors (Lipinski definition) is 1. The predicted octanol–water partition coefficient (Wildman–Crippen LogP) is 4.65. The van der Waals surface area contributed by atoms with E-state index in [-0.39, 0.29) is 12.1 Å². The van der Waals surface area contributed by atoms with E-state index in [0.29, 0.717) is 0 Å². The molecule has 0 aliphatic carbocycles. The highest BCUT2D eigenvalue weighted by atomic mass is 16.5. The van der Waals surface area contributed by atoms with Crippen molar-refractivity contribution in [3.8, 4) is 11.5 Å². The molecule has 2 aliphatic heterocycles. The molecule has 0 amide bonds. The highest BCUT2D eigenvalue weighted by Crippen LogP contribution is 2.41. The molecule has 4 heteroatoms. The van der Waals surface area contributed by atoms with Crippen molar-refractivity contribution >= 4 is 0 Å². The Morgan fingerprint density at radius 2 is 1.61 bits per heavy atom. The van der Waals surface area contributed by atoms with Gasteiger partial charge in [0, 0.05) is 31.0 Å². The summed E-state index contributed by atoms with van der Waals surface area (Å²) in [5.41, 5.74) is 10.0. The van der Waals surface area contributed by atoms with Crippen molar-refractivity contribution in [2.24, 2.45) is 5.73 Å². The second-order valence-electron chi connectivity index (χ2n) is 9.68. The first kappa shape index (κ1) is 22.0.